The lowest BCUT2D eigenvalue weighted by molar-refractivity contribution is 0.735. The average Bonchev–Trinajstić information content (AvgIpc) is 2.48. The summed E-state index contributed by atoms with van der Waals surface area (Å²) in [5.74, 6) is 0. The molecule has 1 heterocycles. The van der Waals surface area contributed by atoms with Crippen LogP contribution in [0.3, 0.4) is 0 Å². The predicted molar refractivity (Wildman–Crippen MR) is 98.1 cm³/mol. The number of hydrogen-bond donors (Lipinski definition) is 0. The molecule has 0 saturated heterocycles. The monoisotopic (exact) mass is 331 g/mol. The summed E-state index contributed by atoms with van der Waals surface area (Å²) in [4.78, 5) is 3.70. The van der Waals surface area contributed by atoms with Gasteiger partial charge in [0, 0.05) is 10.4 Å². The Kier molecular flexibility index (Phi) is 3.60. The second kappa shape index (κ2) is 5.16. The molecule has 0 saturated carbocycles. The van der Waals surface area contributed by atoms with E-state index in [2.05, 4.69) is 13.8 Å². The second-order valence-electron chi connectivity index (χ2n) is 5.56. The highest BCUT2D eigenvalue weighted by molar-refractivity contribution is 7.82. The van der Waals surface area contributed by atoms with Crippen LogP contribution in [0.5, 0.6) is 0 Å². The first-order chi connectivity index (χ1) is 9.94. The predicted octanol–water partition coefficient (Wildman–Crippen LogP) is 5.56. The maximum atomic E-state index is 6.38. The summed E-state index contributed by atoms with van der Waals surface area (Å²) in [6.45, 7) is 4.13. The van der Waals surface area contributed by atoms with Gasteiger partial charge in [0.05, 0.1) is 26.8 Å². The molecule has 0 spiro atoms. The topological polar surface area (TPSA) is 3.24 Å². The summed E-state index contributed by atoms with van der Waals surface area (Å²) < 4.78 is 0. The lowest BCUT2D eigenvalue weighted by Crippen LogP contribution is -2.46. The molecule has 0 aliphatic carbocycles. The Morgan fingerprint density at radius 2 is 1.48 bits per heavy atom. The highest BCUT2D eigenvalue weighted by atomic mass is 35.5. The van der Waals surface area contributed by atoms with Crippen LogP contribution in [-0.2, 0) is 0 Å². The van der Waals surface area contributed by atoms with Crippen LogP contribution >= 0.6 is 36.0 Å². The minimum absolute atomic E-state index is 0.363. The molecule has 1 aliphatic heterocycles. The van der Waals surface area contributed by atoms with Crippen molar-refractivity contribution in [1.82, 2.24) is 0 Å². The van der Waals surface area contributed by atoms with Gasteiger partial charge in [-0.15, -0.1) is 0 Å². The molecule has 0 fully saturated rings. The van der Waals surface area contributed by atoms with Crippen LogP contribution < -0.4 is 4.90 Å². The molecular weight excluding hydrogens is 318 g/mol. The van der Waals surface area contributed by atoms with Gasteiger partial charge in [0.1, 0.15) is 0 Å². The van der Waals surface area contributed by atoms with E-state index in [4.69, 9.17) is 36.0 Å². The van der Waals surface area contributed by atoms with E-state index < -0.39 is 0 Å². The molecule has 0 radical (unpaired) electrons. The van der Waals surface area contributed by atoms with Crippen LogP contribution in [-0.4, -0.2) is 9.85 Å². The first-order valence-corrected chi connectivity index (χ1v) is 7.87. The summed E-state index contributed by atoms with van der Waals surface area (Å²) in [6, 6.07) is 15.8. The number of nitrogens with zero attached hydrogens (tertiary/aromatic N) is 1. The summed E-state index contributed by atoms with van der Waals surface area (Å²) in [5.41, 5.74) is 2.58. The number of para-hydroxylation sites is 2. The Hall–Kier alpha value is -1.29. The van der Waals surface area contributed by atoms with Gasteiger partial charge in [-0.25, -0.2) is 0 Å². The Morgan fingerprint density at radius 1 is 0.905 bits per heavy atom. The number of fused-ring (bicyclic) bond motifs is 1. The quantitative estimate of drug-likeness (QED) is 0.629. The van der Waals surface area contributed by atoms with Crippen molar-refractivity contribution in [3.8, 4) is 0 Å². The van der Waals surface area contributed by atoms with Crippen molar-refractivity contribution in [2.75, 3.05) is 4.90 Å². The molecule has 2 aromatic carbocycles. The molecule has 2 aromatic rings. The minimum Gasteiger partial charge on any atom is -0.302 e. The summed E-state index contributed by atoms with van der Waals surface area (Å²) in [5, 5.41) is 0.679. The van der Waals surface area contributed by atoms with Crippen molar-refractivity contribution in [1.29, 1.82) is 0 Å². The number of rotatable bonds is 1. The maximum absolute atomic E-state index is 6.38. The van der Waals surface area contributed by atoms with Crippen LogP contribution in [0.25, 0.3) is 0 Å². The zero-order chi connectivity index (χ0) is 15.2. The Labute approximate surface area is 140 Å². The second-order valence-corrected chi connectivity index (χ2v) is 6.77. The van der Waals surface area contributed by atoms with Gasteiger partial charge in [-0.1, -0.05) is 66.4 Å². The van der Waals surface area contributed by atoms with Gasteiger partial charge < -0.3 is 4.90 Å². The van der Waals surface area contributed by atoms with Crippen molar-refractivity contribution in [2.45, 2.75) is 13.8 Å². The number of thiocarbonyl (C=S) groups is 2. The highest BCUT2D eigenvalue weighted by Crippen LogP contribution is 2.44. The molecule has 0 N–H and O–H groups in total. The van der Waals surface area contributed by atoms with Gasteiger partial charge >= 0.3 is 0 Å². The first kappa shape index (κ1) is 14.6. The standard InChI is InChI=1S/C17H14ClNS2/c1-17(2)15(20)11-7-3-5-9-13(11)19(16(17)21)14-10-6-4-8-12(14)18/h3-10H,1-2H3. The number of halogens is 1. The molecule has 0 amide bonds. The molecule has 4 heteroatoms. The molecule has 0 bridgehead atoms. The largest absolute Gasteiger partial charge is 0.302 e. The van der Waals surface area contributed by atoms with Crippen LogP contribution in [0, 0.1) is 5.41 Å². The fourth-order valence-corrected chi connectivity index (χ4v) is 3.41. The maximum Gasteiger partial charge on any atom is 0.0980 e. The van der Waals surface area contributed by atoms with Crippen molar-refractivity contribution in [3.05, 3.63) is 59.1 Å². The third-order valence-corrected chi connectivity index (χ3v) is 5.53. The molecule has 3 rings (SSSR count). The van der Waals surface area contributed by atoms with E-state index in [1.54, 1.807) is 0 Å². The zero-order valence-corrected chi connectivity index (χ0v) is 14.1. The highest BCUT2D eigenvalue weighted by Gasteiger charge is 2.40. The van der Waals surface area contributed by atoms with Crippen LogP contribution in [0.2, 0.25) is 5.02 Å². The number of benzene rings is 2. The van der Waals surface area contributed by atoms with E-state index >= 15 is 0 Å². The fraction of sp³-hybridized carbons (Fsp3) is 0.176. The van der Waals surface area contributed by atoms with Crippen molar-refractivity contribution < 1.29 is 0 Å². The molecule has 1 aliphatic rings. The molecule has 0 aromatic heterocycles. The van der Waals surface area contributed by atoms with E-state index in [1.165, 1.54) is 0 Å². The Bertz CT molecular complexity index is 752. The molecule has 1 nitrogen and oxygen atoms in total. The van der Waals surface area contributed by atoms with E-state index in [9.17, 15) is 0 Å². The van der Waals surface area contributed by atoms with Crippen molar-refractivity contribution >= 4 is 57.3 Å². The van der Waals surface area contributed by atoms with Gasteiger partial charge in [-0.2, -0.15) is 0 Å². The van der Waals surface area contributed by atoms with Crippen LogP contribution in [0.4, 0.5) is 11.4 Å². The minimum atomic E-state index is -0.363. The van der Waals surface area contributed by atoms with Gasteiger partial charge in [0.2, 0.25) is 0 Å². The average molecular weight is 332 g/mol. The SMILES string of the molecule is CC1(C)C(=S)c2ccccc2N(c2ccccc2Cl)C1=S. The lowest BCUT2D eigenvalue weighted by Gasteiger charge is -2.42. The Morgan fingerprint density at radius 3 is 2.14 bits per heavy atom. The van der Waals surface area contributed by atoms with E-state index in [1.807, 2.05) is 53.4 Å². The third kappa shape index (κ3) is 2.20. The lowest BCUT2D eigenvalue weighted by atomic mass is 9.80. The van der Waals surface area contributed by atoms with E-state index in [0.717, 1.165) is 26.8 Å². The van der Waals surface area contributed by atoms with Gasteiger partial charge in [0.25, 0.3) is 0 Å². The normalized spacial score (nSPS) is 16.8. The van der Waals surface area contributed by atoms with Gasteiger partial charge in [0.15, 0.2) is 0 Å². The number of hydrogen-bond acceptors (Lipinski definition) is 2. The van der Waals surface area contributed by atoms with E-state index in [0.29, 0.717) is 5.02 Å². The van der Waals surface area contributed by atoms with Crippen molar-refractivity contribution in [2.24, 2.45) is 5.41 Å². The van der Waals surface area contributed by atoms with E-state index in [-0.39, 0.29) is 5.41 Å². The molecule has 21 heavy (non-hydrogen) atoms. The summed E-state index contributed by atoms with van der Waals surface area (Å²) >= 11 is 17.8. The number of anilines is 2. The summed E-state index contributed by atoms with van der Waals surface area (Å²) in [7, 11) is 0. The fourth-order valence-electron chi connectivity index (χ4n) is 2.56. The van der Waals surface area contributed by atoms with Gasteiger partial charge in [-0.3, -0.25) is 0 Å². The molecule has 0 atom stereocenters. The van der Waals surface area contributed by atoms with Crippen LogP contribution in [0.15, 0.2) is 48.5 Å². The Balaban J connectivity index is 2.30. The first-order valence-electron chi connectivity index (χ1n) is 6.67. The van der Waals surface area contributed by atoms with Crippen molar-refractivity contribution in [3.63, 3.8) is 0 Å². The summed E-state index contributed by atoms with van der Waals surface area (Å²) in [6.07, 6.45) is 0. The smallest absolute Gasteiger partial charge is 0.0980 e. The van der Waals surface area contributed by atoms with Gasteiger partial charge in [-0.05, 0) is 32.0 Å². The molecule has 106 valence electrons. The zero-order valence-electron chi connectivity index (χ0n) is 11.8. The van der Waals surface area contributed by atoms with Crippen LogP contribution in [0.1, 0.15) is 19.4 Å². The molecular formula is C17H14ClNS2. The third-order valence-electron chi connectivity index (χ3n) is 3.79. The molecule has 0 unspecified atom stereocenters.